The Bertz CT molecular complexity index is 1250. The molecule has 0 spiro atoms. The Morgan fingerprint density at radius 3 is 3.00 bits per heavy atom. The second-order valence-corrected chi connectivity index (χ2v) is 5.70. The van der Waals surface area contributed by atoms with Crippen LogP contribution in [0.4, 0.5) is 13.2 Å². The van der Waals surface area contributed by atoms with E-state index in [-0.39, 0.29) is 11.0 Å². The van der Waals surface area contributed by atoms with Gasteiger partial charge in [-0.15, -0.1) is 0 Å². The van der Waals surface area contributed by atoms with Crippen molar-refractivity contribution in [1.29, 1.82) is 0 Å². The molecule has 0 saturated carbocycles. The van der Waals surface area contributed by atoms with Crippen LogP contribution >= 0.6 is 0 Å². The molecule has 1 aromatic carbocycles. The molecule has 0 aliphatic heterocycles. The van der Waals surface area contributed by atoms with Crippen LogP contribution in [0.3, 0.4) is 0 Å². The van der Waals surface area contributed by atoms with Crippen molar-refractivity contribution in [2.45, 2.75) is 23.9 Å². The van der Waals surface area contributed by atoms with Gasteiger partial charge in [0.2, 0.25) is 0 Å². The van der Waals surface area contributed by atoms with E-state index in [9.17, 15) is 17.4 Å². The minimum absolute atomic E-state index is 0.267. The summed E-state index contributed by atoms with van der Waals surface area (Å²) in [6.07, 6.45) is -4.02. The van der Waals surface area contributed by atoms with E-state index in [1.165, 1.54) is 0 Å². The number of nitrogens with one attached hydrogen (secondary N) is 1. The highest BCUT2D eigenvalue weighted by molar-refractivity contribution is 7.84. The predicted molar refractivity (Wildman–Crippen MR) is 86.7 cm³/mol. The van der Waals surface area contributed by atoms with Gasteiger partial charge in [-0.1, -0.05) is 12.1 Å². The highest BCUT2D eigenvalue weighted by atomic mass is 32.2. The molecule has 0 aliphatic rings. The average molecular weight is 378 g/mol. The molecule has 2 aromatic heterocycles. The number of aromatic nitrogens is 3. The number of rotatable bonds is 5. The second-order valence-electron chi connectivity index (χ2n) is 4.57. The Hall–Kier alpha value is -2.42. The first-order chi connectivity index (χ1) is 15.5. The number of pyridine rings is 1. The Morgan fingerprint density at radius 2 is 2.24 bits per heavy atom. The van der Waals surface area contributed by atoms with Crippen molar-refractivity contribution in [1.82, 2.24) is 15.0 Å². The normalized spacial score (nSPS) is 19.4. The van der Waals surface area contributed by atoms with Gasteiger partial charge in [0.05, 0.1) is 38.7 Å². The van der Waals surface area contributed by atoms with Gasteiger partial charge in [-0.25, -0.2) is 4.98 Å². The molecule has 2 heterocycles. The summed E-state index contributed by atoms with van der Waals surface area (Å²) >= 11 is 0. The van der Waals surface area contributed by atoms with Crippen molar-refractivity contribution in [2.24, 2.45) is 0 Å². The van der Waals surface area contributed by atoms with Crippen molar-refractivity contribution in [3.8, 4) is 5.75 Å². The molecule has 0 amide bonds. The van der Waals surface area contributed by atoms with Crippen LogP contribution in [0.1, 0.15) is 23.6 Å². The number of para-hydroxylation sites is 2. The number of benzene rings is 1. The van der Waals surface area contributed by atoms with Gasteiger partial charge in [0.15, 0.2) is 11.8 Å². The summed E-state index contributed by atoms with van der Waals surface area (Å²) in [6.45, 7) is -5.07. The fourth-order valence-corrected chi connectivity index (χ4v) is 2.54. The van der Waals surface area contributed by atoms with Crippen LogP contribution in [0.25, 0.3) is 11.0 Å². The van der Waals surface area contributed by atoms with E-state index in [1.807, 2.05) is 0 Å². The molecule has 0 saturated heterocycles. The van der Waals surface area contributed by atoms with Crippen LogP contribution in [0.15, 0.2) is 41.6 Å². The number of H-pyrrole nitrogens is 1. The van der Waals surface area contributed by atoms with Crippen molar-refractivity contribution in [3.05, 3.63) is 47.7 Å². The Labute approximate surface area is 156 Å². The van der Waals surface area contributed by atoms with Gasteiger partial charge in [0.25, 0.3) is 0 Å². The molecular weight excluding hydrogens is 355 g/mol. The average Bonchev–Trinajstić information content (AvgIpc) is 3.18. The van der Waals surface area contributed by atoms with Crippen molar-refractivity contribution in [3.63, 3.8) is 0 Å². The molecule has 0 fully saturated rings. The zero-order valence-electron chi connectivity index (χ0n) is 21.1. The molecule has 3 rings (SSSR count). The lowest BCUT2D eigenvalue weighted by Gasteiger charge is -2.13. The lowest BCUT2D eigenvalue weighted by Crippen LogP contribution is -2.19. The standard InChI is InChI=1S/C16H14F3N3O2S/c1-10-13(20-7-6-14(10)24-9-16(17,18)19)8-25(23)15-21-11-4-2-3-5-12(11)22-15/h2-7H,8-9H2,1H3,(H,21,22)/i1D3,2D,3D,4D,5D,8D2. The number of hydrogen-bond donors (Lipinski definition) is 1. The molecule has 0 radical (unpaired) electrons. The summed E-state index contributed by atoms with van der Waals surface area (Å²) < 4.78 is 126. The van der Waals surface area contributed by atoms with Gasteiger partial charge in [0, 0.05) is 18.6 Å². The SMILES string of the molecule is [2H]c1c([2H])c([2H])c2[nH]c(S(=O)C([2H])([2H])c3nccc(OCC(F)(F)F)c3C([2H])([2H])[2H])nc2c1[2H]. The third-order valence-electron chi connectivity index (χ3n) is 2.78. The quantitative estimate of drug-likeness (QED) is 0.738. The van der Waals surface area contributed by atoms with Gasteiger partial charge in [-0.05, 0) is 25.0 Å². The molecular formula is C16H14F3N3O2S. The highest BCUT2D eigenvalue weighted by Crippen LogP contribution is 2.24. The Balaban J connectivity index is 2.16. The summed E-state index contributed by atoms with van der Waals surface area (Å²) in [7, 11) is -2.89. The number of ether oxygens (including phenoxy) is 1. The lowest BCUT2D eigenvalue weighted by molar-refractivity contribution is -0.153. The maximum Gasteiger partial charge on any atom is 0.422 e. The third kappa shape index (κ3) is 4.16. The Morgan fingerprint density at radius 1 is 1.44 bits per heavy atom. The van der Waals surface area contributed by atoms with Crippen molar-refractivity contribution in [2.75, 3.05) is 6.61 Å². The summed E-state index contributed by atoms with van der Waals surface area (Å²) in [4.78, 5) is 9.77. The van der Waals surface area contributed by atoms with Crippen molar-refractivity contribution < 1.29 is 34.5 Å². The molecule has 1 unspecified atom stereocenters. The number of aromatic amines is 1. The number of nitrogens with zero attached hydrogens (tertiary/aromatic N) is 2. The van der Waals surface area contributed by atoms with E-state index < -0.39 is 82.5 Å². The van der Waals surface area contributed by atoms with Crippen LogP contribution in [0.5, 0.6) is 5.75 Å². The lowest BCUT2D eigenvalue weighted by atomic mass is 10.2. The first kappa shape index (κ1) is 9.33. The summed E-state index contributed by atoms with van der Waals surface area (Å²) in [5, 5.41) is -0.660. The topological polar surface area (TPSA) is 67.9 Å². The first-order valence-electron chi connectivity index (χ1n) is 11.0. The summed E-state index contributed by atoms with van der Waals surface area (Å²) in [5.74, 6) is -0.826. The molecule has 132 valence electrons. The monoisotopic (exact) mass is 378 g/mol. The maximum atomic E-state index is 13.1. The van der Waals surface area contributed by atoms with E-state index in [0.717, 1.165) is 12.3 Å². The van der Waals surface area contributed by atoms with Crippen LogP contribution in [-0.4, -0.2) is 31.9 Å². The minimum Gasteiger partial charge on any atom is -0.484 e. The van der Waals surface area contributed by atoms with Gasteiger partial charge >= 0.3 is 6.18 Å². The predicted octanol–water partition coefficient (Wildman–Crippen LogP) is 3.52. The molecule has 1 atom stereocenters. The van der Waals surface area contributed by atoms with E-state index in [4.69, 9.17) is 12.3 Å². The van der Waals surface area contributed by atoms with E-state index in [2.05, 4.69) is 19.7 Å². The van der Waals surface area contributed by atoms with Gasteiger partial charge in [-0.2, -0.15) is 13.2 Å². The van der Waals surface area contributed by atoms with E-state index in [0.29, 0.717) is 0 Å². The number of hydrogen-bond acceptors (Lipinski definition) is 4. The Kier molecular flexibility index (Phi) is 2.55. The molecule has 3 aromatic rings. The summed E-state index contributed by atoms with van der Waals surface area (Å²) in [6, 6.07) is -1.59. The molecule has 9 heteroatoms. The number of fused-ring (bicyclic) bond motifs is 1. The van der Waals surface area contributed by atoms with Crippen LogP contribution in [0.2, 0.25) is 0 Å². The number of halogens is 3. The highest BCUT2D eigenvalue weighted by Gasteiger charge is 2.29. The third-order valence-corrected chi connectivity index (χ3v) is 3.71. The smallest absolute Gasteiger partial charge is 0.422 e. The molecule has 0 bridgehead atoms. The van der Waals surface area contributed by atoms with Crippen LogP contribution in [0, 0.1) is 6.85 Å². The number of alkyl halides is 3. The van der Waals surface area contributed by atoms with Crippen LogP contribution < -0.4 is 4.74 Å². The fraction of sp³-hybridized carbons (Fsp3) is 0.250. The minimum atomic E-state index is -4.82. The zero-order chi connectivity index (χ0) is 25.8. The van der Waals surface area contributed by atoms with Crippen molar-refractivity contribution >= 4 is 21.8 Å². The molecule has 0 aliphatic carbocycles. The molecule has 25 heavy (non-hydrogen) atoms. The first-order valence-corrected chi connectivity index (χ1v) is 7.69. The number of imidazole rings is 1. The van der Waals surface area contributed by atoms with Crippen LogP contribution in [-0.2, 0) is 16.5 Å². The molecule has 1 N–H and O–H groups in total. The zero-order valence-corrected chi connectivity index (χ0v) is 12.9. The largest absolute Gasteiger partial charge is 0.484 e. The van der Waals surface area contributed by atoms with E-state index in [1.54, 1.807) is 0 Å². The van der Waals surface area contributed by atoms with Gasteiger partial charge in [0.1, 0.15) is 5.75 Å². The van der Waals surface area contributed by atoms with Gasteiger partial charge < -0.3 is 9.72 Å². The summed E-state index contributed by atoms with van der Waals surface area (Å²) in [5.41, 5.74) is -5.75. The fourth-order valence-electron chi connectivity index (χ4n) is 1.74. The maximum absolute atomic E-state index is 13.1. The second kappa shape index (κ2) is 6.83. The van der Waals surface area contributed by atoms with Gasteiger partial charge in [-0.3, -0.25) is 9.19 Å². The molecule has 5 nitrogen and oxygen atoms in total. The van der Waals surface area contributed by atoms with E-state index >= 15 is 0 Å².